The van der Waals surface area contributed by atoms with Crippen LogP contribution in [0.4, 0.5) is 5.82 Å². The SMILES string of the molecule is c1cnc(-c2nc(N3CC(C4CCOC4)C3)c3c4c(sc3n2)CCCC4)cn1. The third kappa shape index (κ3) is 2.71. The number of aromatic nitrogens is 4. The number of ether oxygens (including phenoxy) is 1. The smallest absolute Gasteiger partial charge is 0.183 e. The third-order valence-corrected chi connectivity index (χ3v) is 7.61. The Balaban J connectivity index is 1.43. The van der Waals surface area contributed by atoms with Gasteiger partial charge in [-0.1, -0.05) is 0 Å². The Kier molecular flexibility index (Phi) is 4.04. The van der Waals surface area contributed by atoms with Gasteiger partial charge in [0.15, 0.2) is 5.82 Å². The van der Waals surface area contributed by atoms with Gasteiger partial charge in [0.05, 0.1) is 11.6 Å². The summed E-state index contributed by atoms with van der Waals surface area (Å²) in [7, 11) is 0. The molecule has 3 aliphatic rings. The van der Waals surface area contributed by atoms with Crippen LogP contribution in [0.5, 0.6) is 0 Å². The molecule has 7 heteroatoms. The van der Waals surface area contributed by atoms with Crippen LogP contribution in [0, 0.1) is 11.8 Å². The second kappa shape index (κ2) is 6.74. The molecule has 6 rings (SSSR count). The van der Waals surface area contributed by atoms with Gasteiger partial charge in [-0.05, 0) is 49.5 Å². The van der Waals surface area contributed by atoms with Gasteiger partial charge in [0, 0.05) is 43.6 Å². The van der Waals surface area contributed by atoms with Crippen molar-refractivity contribution in [3.05, 3.63) is 29.0 Å². The van der Waals surface area contributed by atoms with Gasteiger partial charge in [-0.3, -0.25) is 4.98 Å². The monoisotopic (exact) mass is 393 g/mol. The first-order valence-electron chi connectivity index (χ1n) is 10.3. The van der Waals surface area contributed by atoms with Crippen molar-refractivity contribution < 1.29 is 4.74 Å². The predicted octanol–water partition coefficient (Wildman–Crippen LogP) is 3.50. The number of aryl methyl sites for hydroxylation is 2. The molecule has 144 valence electrons. The second-order valence-electron chi connectivity index (χ2n) is 8.14. The minimum atomic E-state index is 0.696. The van der Waals surface area contributed by atoms with Gasteiger partial charge in [0.2, 0.25) is 0 Å². The minimum absolute atomic E-state index is 0.696. The molecule has 1 unspecified atom stereocenters. The Bertz CT molecular complexity index is 1010. The quantitative estimate of drug-likeness (QED) is 0.679. The molecule has 2 fully saturated rings. The van der Waals surface area contributed by atoms with Crippen LogP contribution in [0.3, 0.4) is 0 Å². The number of hydrogen-bond donors (Lipinski definition) is 0. The molecule has 0 saturated carbocycles. The molecule has 3 aromatic heterocycles. The van der Waals surface area contributed by atoms with Crippen LogP contribution in [0.2, 0.25) is 0 Å². The molecule has 0 spiro atoms. The van der Waals surface area contributed by atoms with E-state index >= 15 is 0 Å². The van der Waals surface area contributed by atoms with E-state index in [1.165, 1.54) is 41.5 Å². The summed E-state index contributed by atoms with van der Waals surface area (Å²) in [6.45, 7) is 4.00. The standard InChI is InChI=1S/C21H23N5OS/c1-2-4-17-15(3-1)18-20(26-10-14(11-26)13-5-8-27-12-13)24-19(25-21(18)28-17)16-9-22-6-7-23-16/h6-7,9,13-14H,1-5,8,10-12H2. The highest BCUT2D eigenvalue weighted by molar-refractivity contribution is 7.19. The van der Waals surface area contributed by atoms with Gasteiger partial charge in [0.1, 0.15) is 16.3 Å². The fourth-order valence-corrected chi connectivity index (χ4v) is 6.06. The van der Waals surface area contributed by atoms with Crippen LogP contribution in [0.25, 0.3) is 21.7 Å². The number of anilines is 1. The summed E-state index contributed by atoms with van der Waals surface area (Å²) in [5.74, 6) is 3.24. The van der Waals surface area contributed by atoms with Crippen molar-refractivity contribution in [2.45, 2.75) is 32.1 Å². The fraction of sp³-hybridized carbons (Fsp3) is 0.524. The Morgan fingerprint density at radius 2 is 2.00 bits per heavy atom. The van der Waals surface area contributed by atoms with Crippen molar-refractivity contribution in [3.8, 4) is 11.5 Å². The average Bonchev–Trinajstić information content (AvgIpc) is 3.35. The first kappa shape index (κ1) is 16.8. The molecule has 28 heavy (non-hydrogen) atoms. The van der Waals surface area contributed by atoms with E-state index in [9.17, 15) is 0 Å². The third-order valence-electron chi connectivity index (χ3n) is 6.43. The predicted molar refractivity (Wildman–Crippen MR) is 110 cm³/mol. The van der Waals surface area contributed by atoms with Gasteiger partial charge in [0.25, 0.3) is 0 Å². The van der Waals surface area contributed by atoms with Gasteiger partial charge in [-0.2, -0.15) is 0 Å². The molecule has 0 bridgehead atoms. The van der Waals surface area contributed by atoms with E-state index in [4.69, 9.17) is 14.7 Å². The summed E-state index contributed by atoms with van der Waals surface area (Å²) < 4.78 is 5.61. The summed E-state index contributed by atoms with van der Waals surface area (Å²) >= 11 is 1.85. The zero-order valence-corrected chi connectivity index (χ0v) is 16.6. The molecular formula is C21H23N5OS. The molecular weight excluding hydrogens is 370 g/mol. The Morgan fingerprint density at radius 3 is 2.82 bits per heavy atom. The number of rotatable bonds is 3. The Morgan fingerprint density at radius 1 is 1.07 bits per heavy atom. The highest BCUT2D eigenvalue weighted by Gasteiger charge is 2.37. The lowest BCUT2D eigenvalue weighted by atomic mass is 9.85. The zero-order chi connectivity index (χ0) is 18.5. The fourth-order valence-electron chi connectivity index (χ4n) is 4.80. The van der Waals surface area contributed by atoms with Gasteiger partial charge in [-0.15, -0.1) is 11.3 Å². The van der Waals surface area contributed by atoms with Crippen LogP contribution in [0.15, 0.2) is 18.6 Å². The highest BCUT2D eigenvalue weighted by atomic mass is 32.1. The van der Waals surface area contributed by atoms with E-state index in [1.807, 2.05) is 11.3 Å². The second-order valence-corrected chi connectivity index (χ2v) is 9.22. The first-order valence-corrected chi connectivity index (χ1v) is 11.1. The number of nitrogens with zero attached hydrogens (tertiary/aromatic N) is 5. The van der Waals surface area contributed by atoms with Gasteiger partial charge < -0.3 is 9.64 Å². The van der Waals surface area contributed by atoms with Crippen LogP contribution in [-0.2, 0) is 17.6 Å². The molecule has 6 nitrogen and oxygen atoms in total. The van der Waals surface area contributed by atoms with Crippen molar-refractivity contribution in [1.29, 1.82) is 0 Å². The van der Waals surface area contributed by atoms with E-state index in [2.05, 4.69) is 14.9 Å². The molecule has 1 atom stereocenters. The van der Waals surface area contributed by atoms with Crippen LogP contribution >= 0.6 is 11.3 Å². The summed E-state index contributed by atoms with van der Waals surface area (Å²) in [5.41, 5.74) is 2.25. The van der Waals surface area contributed by atoms with E-state index in [0.29, 0.717) is 11.7 Å². The number of thiophene rings is 1. The van der Waals surface area contributed by atoms with E-state index in [-0.39, 0.29) is 0 Å². The molecule has 1 aliphatic carbocycles. The molecule has 0 radical (unpaired) electrons. The molecule has 0 N–H and O–H groups in total. The van der Waals surface area contributed by atoms with Gasteiger partial charge >= 0.3 is 0 Å². The maximum absolute atomic E-state index is 5.61. The maximum Gasteiger partial charge on any atom is 0.183 e. The molecule has 0 amide bonds. The van der Waals surface area contributed by atoms with E-state index in [1.54, 1.807) is 18.6 Å². The van der Waals surface area contributed by atoms with Crippen molar-refractivity contribution in [1.82, 2.24) is 19.9 Å². The van der Waals surface area contributed by atoms with Crippen molar-refractivity contribution in [2.24, 2.45) is 11.8 Å². The topological polar surface area (TPSA) is 64.0 Å². The maximum atomic E-state index is 5.61. The summed E-state index contributed by atoms with van der Waals surface area (Å²) in [6.07, 6.45) is 11.3. The first-order chi connectivity index (χ1) is 13.9. The van der Waals surface area contributed by atoms with Gasteiger partial charge in [-0.25, -0.2) is 15.0 Å². The van der Waals surface area contributed by atoms with Crippen LogP contribution in [0.1, 0.15) is 29.7 Å². The van der Waals surface area contributed by atoms with Crippen molar-refractivity contribution in [2.75, 3.05) is 31.2 Å². The van der Waals surface area contributed by atoms with E-state index < -0.39 is 0 Å². The lowest BCUT2D eigenvalue weighted by molar-refractivity contribution is 0.163. The normalized spacial score (nSPS) is 22.4. The Labute approximate surface area is 168 Å². The molecule has 2 saturated heterocycles. The Hall–Kier alpha value is -2.12. The largest absolute Gasteiger partial charge is 0.381 e. The number of hydrogen-bond acceptors (Lipinski definition) is 7. The molecule has 0 aromatic carbocycles. The minimum Gasteiger partial charge on any atom is -0.381 e. The van der Waals surface area contributed by atoms with Crippen LogP contribution in [-0.4, -0.2) is 46.2 Å². The molecule has 3 aromatic rings. The van der Waals surface area contributed by atoms with E-state index in [0.717, 1.165) is 55.0 Å². The summed E-state index contributed by atoms with van der Waals surface area (Å²) in [4.78, 5) is 23.7. The van der Waals surface area contributed by atoms with Crippen molar-refractivity contribution in [3.63, 3.8) is 0 Å². The zero-order valence-electron chi connectivity index (χ0n) is 15.8. The van der Waals surface area contributed by atoms with Crippen molar-refractivity contribution >= 4 is 27.4 Å². The average molecular weight is 394 g/mol. The molecule has 5 heterocycles. The summed E-state index contributed by atoms with van der Waals surface area (Å²) in [5, 5.41) is 1.30. The lowest BCUT2D eigenvalue weighted by Crippen LogP contribution is -2.50. The highest BCUT2D eigenvalue weighted by Crippen LogP contribution is 2.43. The summed E-state index contributed by atoms with van der Waals surface area (Å²) in [6, 6.07) is 0. The van der Waals surface area contributed by atoms with Crippen LogP contribution < -0.4 is 4.90 Å². The number of fused-ring (bicyclic) bond motifs is 3. The lowest BCUT2D eigenvalue weighted by Gasteiger charge is -2.43. The molecule has 2 aliphatic heterocycles.